The number of para-hydroxylation sites is 1. The zero-order valence-corrected chi connectivity index (χ0v) is 13.0. The summed E-state index contributed by atoms with van der Waals surface area (Å²) >= 11 is 0. The maximum Gasteiger partial charge on any atom is 0.297 e. The number of benzene rings is 1. The Kier molecular flexibility index (Phi) is 3.65. The molecule has 7 nitrogen and oxygen atoms in total. The summed E-state index contributed by atoms with van der Waals surface area (Å²) in [7, 11) is 0. The number of nitrogens with two attached hydrogens (primary N) is 1. The molecule has 0 spiro atoms. The van der Waals surface area contributed by atoms with Gasteiger partial charge < -0.3 is 15.5 Å². The Morgan fingerprint density at radius 3 is 2.87 bits per heavy atom. The molecule has 1 aromatic carbocycles. The van der Waals surface area contributed by atoms with Crippen LogP contribution in [0.5, 0.6) is 0 Å². The Morgan fingerprint density at radius 2 is 2.13 bits per heavy atom. The number of carbonyl (C=O) groups is 1. The molecule has 2 heterocycles. The lowest BCUT2D eigenvalue weighted by Gasteiger charge is -2.24. The number of nitrogens with zero attached hydrogens (tertiary/aromatic N) is 2. The van der Waals surface area contributed by atoms with Crippen LogP contribution in [0, 0.1) is 0 Å². The standard InChI is InChI=1S/C16H18N4O3/c1-16(2,8-17)19-12(21)7-20-9-18-13-10-5-3-4-6-11(10)23-14(13)15(20)22/h3-6,9H,7-8,17H2,1-2H3,(H,19,21). The molecule has 0 bridgehead atoms. The third-order valence-corrected chi connectivity index (χ3v) is 3.65. The number of nitrogens with one attached hydrogen (secondary N) is 1. The average Bonchev–Trinajstić information content (AvgIpc) is 2.89. The highest BCUT2D eigenvalue weighted by molar-refractivity contribution is 6.01. The topological polar surface area (TPSA) is 103 Å². The van der Waals surface area contributed by atoms with E-state index in [1.807, 2.05) is 32.0 Å². The van der Waals surface area contributed by atoms with Gasteiger partial charge in [-0.3, -0.25) is 14.2 Å². The van der Waals surface area contributed by atoms with Gasteiger partial charge in [0.05, 0.1) is 6.33 Å². The molecule has 0 saturated heterocycles. The largest absolute Gasteiger partial charge is 0.448 e. The molecule has 3 N–H and O–H groups in total. The van der Waals surface area contributed by atoms with Crippen molar-refractivity contribution in [3.63, 3.8) is 0 Å². The third-order valence-electron chi connectivity index (χ3n) is 3.65. The van der Waals surface area contributed by atoms with E-state index in [1.54, 1.807) is 6.07 Å². The molecular weight excluding hydrogens is 296 g/mol. The van der Waals surface area contributed by atoms with Crippen molar-refractivity contribution in [3.05, 3.63) is 40.9 Å². The molecule has 3 aromatic rings. The zero-order valence-electron chi connectivity index (χ0n) is 13.0. The van der Waals surface area contributed by atoms with Gasteiger partial charge in [0.15, 0.2) is 0 Å². The van der Waals surface area contributed by atoms with Crippen molar-refractivity contribution in [2.75, 3.05) is 6.54 Å². The van der Waals surface area contributed by atoms with E-state index in [0.717, 1.165) is 5.39 Å². The van der Waals surface area contributed by atoms with Gasteiger partial charge in [0.25, 0.3) is 5.56 Å². The Morgan fingerprint density at radius 1 is 1.39 bits per heavy atom. The zero-order chi connectivity index (χ0) is 16.6. The summed E-state index contributed by atoms with van der Waals surface area (Å²) in [4.78, 5) is 28.8. The van der Waals surface area contributed by atoms with E-state index in [4.69, 9.17) is 10.2 Å². The van der Waals surface area contributed by atoms with Gasteiger partial charge in [0.2, 0.25) is 11.5 Å². The molecule has 0 unspecified atom stereocenters. The van der Waals surface area contributed by atoms with Gasteiger partial charge in [-0.25, -0.2) is 4.98 Å². The fourth-order valence-corrected chi connectivity index (χ4v) is 2.35. The van der Waals surface area contributed by atoms with Crippen LogP contribution in [-0.4, -0.2) is 27.5 Å². The second-order valence-electron chi connectivity index (χ2n) is 6.09. The maximum atomic E-state index is 12.5. The Labute approximate surface area is 132 Å². The number of hydrogen-bond donors (Lipinski definition) is 2. The van der Waals surface area contributed by atoms with Gasteiger partial charge in [-0.05, 0) is 26.0 Å². The van der Waals surface area contributed by atoms with E-state index in [2.05, 4.69) is 10.3 Å². The molecule has 0 aliphatic rings. The van der Waals surface area contributed by atoms with Crippen LogP contribution in [0.4, 0.5) is 0 Å². The molecule has 0 fully saturated rings. The van der Waals surface area contributed by atoms with Gasteiger partial charge in [-0.2, -0.15) is 0 Å². The molecule has 0 aliphatic heterocycles. The summed E-state index contributed by atoms with van der Waals surface area (Å²) in [6, 6.07) is 7.30. The molecule has 0 aliphatic carbocycles. The molecule has 2 aromatic heterocycles. The number of fused-ring (bicyclic) bond motifs is 3. The van der Waals surface area contributed by atoms with Crippen LogP contribution < -0.4 is 16.6 Å². The van der Waals surface area contributed by atoms with Crippen LogP contribution in [0.2, 0.25) is 0 Å². The lowest BCUT2D eigenvalue weighted by Crippen LogP contribution is -2.50. The number of hydrogen-bond acceptors (Lipinski definition) is 5. The first-order valence-corrected chi connectivity index (χ1v) is 7.29. The third kappa shape index (κ3) is 2.83. The quantitative estimate of drug-likeness (QED) is 0.747. The number of rotatable bonds is 4. The minimum absolute atomic E-state index is 0.137. The van der Waals surface area contributed by atoms with Crippen molar-refractivity contribution in [3.8, 4) is 0 Å². The fraction of sp³-hybridized carbons (Fsp3) is 0.312. The van der Waals surface area contributed by atoms with E-state index in [-0.39, 0.29) is 23.6 Å². The van der Waals surface area contributed by atoms with Gasteiger partial charge in [0.1, 0.15) is 17.6 Å². The molecule has 0 radical (unpaired) electrons. The highest BCUT2D eigenvalue weighted by atomic mass is 16.3. The average molecular weight is 314 g/mol. The van der Waals surface area contributed by atoms with Gasteiger partial charge in [0, 0.05) is 17.5 Å². The normalized spacial score (nSPS) is 12.0. The Hall–Kier alpha value is -2.67. The van der Waals surface area contributed by atoms with E-state index >= 15 is 0 Å². The predicted octanol–water partition coefficient (Wildman–Crippen LogP) is 0.996. The van der Waals surface area contributed by atoms with E-state index in [0.29, 0.717) is 17.6 Å². The molecule has 120 valence electrons. The SMILES string of the molecule is CC(C)(CN)NC(=O)Cn1cnc2c(oc3ccccc32)c1=O. The van der Waals surface area contributed by atoms with E-state index in [1.165, 1.54) is 10.9 Å². The Balaban J connectivity index is 1.97. The second kappa shape index (κ2) is 5.51. The highest BCUT2D eigenvalue weighted by Crippen LogP contribution is 2.23. The summed E-state index contributed by atoms with van der Waals surface area (Å²) in [5.74, 6) is -0.306. The monoisotopic (exact) mass is 314 g/mol. The minimum atomic E-state index is -0.530. The minimum Gasteiger partial charge on any atom is -0.448 e. The number of carbonyl (C=O) groups excluding carboxylic acids is 1. The summed E-state index contributed by atoms with van der Waals surface area (Å²) in [5, 5.41) is 3.55. The number of amides is 1. The first-order valence-electron chi connectivity index (χ1n) is 7.29. The molecular formula is C16H18N4O3. The predicted molar refractivity (Wildman–Crippen MR) is 87.1 cm³/mol. The van der Waals surface area contributed by atoms with Crippen LogP contribution in [0.15, 0.2) is 39.8 Å². The smallest absolute Gasteiger partial charge is 0.297 e. The van der Waals surface area contributed by atoms with Gasteiger partial charge in [-0.1, -0.05) is 12.1 Å². The van der Waals surface area contributed by atoms with Crippen molar-refractivity contribution in [2.24, 2.45) is 5.73 Å². The summed E-state index contributed by atoms with van der Waals surface area (Å²) in [5.41, 5.74) is 5.92. The number of furan rings is 1. The summed E-state index contributed by atoms with van der Waals surface area (Å²) < 4.78 is 6.81. The van der Waals surface area contributed by atoms with E-state index in [9.17, 15) is 9.59 Å². The van der Waals surface area contributed by atoms with Gasteiger partial charge >= 0.3 is 0 Å². The molecule has 3 rings (SSSR count). The van der Waals surface area contributed by atoms with Crippen LogP contribution in [-0.2, 0) is 11.3 Å². The number of aromatic nitrogens is 2. The van der Waals surface area contributed by atoms with Crippen molar-refractivity contribution in [1.82, 2.24) is 14.9 Å². The van der Waals surface area contributed by atoms with Crippen molar-refractivity contribution < 1.29 is 9.21 Å². The van der Waals surface area contributed by atoms with Crippen LogP contribution >= 0.6 is 0 Å². The fourth-order valence-electron chi connectivity index (χ4n) is 2.35. The Bertz CT molecular complexity index is 939. The van der Waals surface area contributed by atoms with Crippen LogP contribution in [0.1, 0.15) is 13.8 Å². The van der Waals surface area contributed by atoms with E-state index < -0.39 is 5.54 Å². The van der Waals surface area contributed by atoms with Gasteiger partial charge in [-0.15, -0.1) is 0 Å². The van der Waals surface area contributed by atoms with Crippen molar-refractivity contribution in [2.45, 2.75) is 25.9 Å². The maximum absolute atomic E-state index is 12.5. The molecule has 0 atom stereocenters. The lowest BCUT2D eigenvalue weighted by molar-refractivity contribution is -0.123. The summed E-state index contributed by atoms with van der Waals surface area (Å²) in [6.45, 7) is 3.79. The van der Waals surface area contributed by atoms with Crippen LogP contribution in [0.25, 0.3) is 22.1 Å². The van der Waals surface area contributed by atoms with Crippen molar-refractivity contribution >= 4 is 28.0 Å². The highest BCUT2D eigenvalue weighted by Gasteiger charge is 2.19. The molecule has 1 amide bonds. The molecule has 0 saturated carbocycles. The van der Waals surface area contributed by atoms with Crippen molar-refractivity contribution in [1.29, 1.82) is 0 Å². The van der Waals surface area contributed by atoms with Crippen LogP contribution in [0.3, 0.4) is 0 Å². The first kappa shape index (κ1) is 15.2. The second-order valence-corrected chi connectivity index (χ2v) is 6.09. The molecule has 7 heteroatoms. The lowest BCUT2D eigenvalue weighted by atomic mass is 10.1. The first-order chi connectivity index (χ1) is 10.9. The molecule has 23 heavy (non-hydrogen) atoms. The summed E-state index contributed by atoms with van der Waals surface area (Å²) in [6.07, 6.45) is 1.36.